The Hall–Kier alpha value is -3.87. The van der Waals surface area contributed by atoms with Crippen LogP contribution in [-0.4, -0.2) is 39.5 Å². The molecule has 2 N–H and O–H groups in total. The molecule has 0 aliphatic heterocycles. The van der Waals surface area contributed by atoms with Crippen molar-refractivity contribution in [1.29, 1.82) is 0 Å². The van der Waals surface area contributed by atoms with Crippen LogP contribution in [0.1, 0.15) is 25.3 Å². The number of hydrogen-bond acceptors (Lipinski definition) is 4. The molecule has 1 saturated carbocycles. The second kappa shape index (κ2) is 9.95. The first-order chi connectivity index (χ1) is 16.4. The van der Waals surface area contributed by atoms with Gasteiger partial charge < -0.3 is 19.8 Å². The first kappa shape index (κ1) is 23.3. The van der Waals surface area contributed by atoms with Crippen LogP contribution in [0.3, 0.4) is 0 Å². The van der Waals surface area contributed by atoms with Crippen LogP contribution in [0.2, 0.25) is 0 Å². The van der Waals surface area contributed by atoms with Crippen molar-refractivity contribution < 1.29 is 29.3 Å². The minimum Gasteiger partial charge on any atom is -0.481 e. The van der Waals surface area contributed by atoms with Crippen LogP contribution >= 0.6 is 0 Å². The van der Waals surface area contributed by atoms with Crippen LogP contribution in [0, 0.1) is 17.8 Å². The zero-order chi connectivity index (χ0) is 24.2. The predicted molar refractivity (Wildman–Crippen MR) is 127 cm³/mol. The molecule has 176 valence electrons. The maximum Gasteiger partial charge on any atom is 0.308 e. The first-order valence-electron chi connectivity index (χ1n) is 11.4. The van der Waals surface area contributed by atoms with E-state index < -0.39 is 29.7 Å². The van der Waals surface area contributed by atoms with E-state index in [1.54, 1.807) is 4.90 Å². The number of amides is 1. The van der Waals surface area contributed by atoms with Crippen LogP contribution in [0.4, 0.5) is 0 Å². The lowest BCUT2D eigenvalue weighted by Gasteiger charge is -2.40. The summed E-state index contributed by atoms with van der Waals surface area (Å²) >= 11 is 0. The molecule has 3 unspecified atom stereocenters. The number of fused-ring (bicyclic) bond motifs is 1. The Morgan fingerprint density at radius 1 is 0.912 bits per heavy atom. The maximum absolute atomic E-state index is 13.1. The van der Waals surface area contributed by atoms with Crippen LogP contribution in [-0.2, 0) is 20.9 Å². The number of carboxylic acids is 2. The highest BCUT2D eigenvalue weighted by molar-refractivity contribution is 5.91. The molecule has 0 heterocycles. The number of aliphatic carboxylic acids is 2. The Morgan fingerprint density at radius 3 is 2.29 bits per heavy atom. The van der Waals surface area contributed by atoms with Crippen molar-refractivity contribution in [3.05, 3.63) is 72.3 Å². The average molecular weight is 462 g/mol. The van der Waals surface area contributed by atoms with Crippen LogP contribution in [0.5, 0.6) is 11.5 Å². The number of ether oxygens (including phenoxy) is 1. The molecule has 4 rings (SSSR count). The lowest BCUT2D eigenvalue weighted by molar-refractivity contribution is -0.172. The normalized spacial score (nSPS) is 19.3. The molecular formula is C27H27NO6. The summed E-state index contributed by atoms with van der Waals surface area (Å²) in [6, 6.07) is 21.3. The molecule has 7 heteroatoms. The van der Waals surface area contributed by atoms with E-state index in [0.717, 1.165) is 22.1 Å². The molecule has 0 radical (unpaired) electrons. The number of benzene rings is 3. The molecule has 0 spiro atoms. The van der Waals surface area contributed by atoms with Crippen LogP contribution < -0.4 is 4.74 Å². The van der Waals surface area contributed by atoms with Gasteiger partial charge in [0, 0.05) is 18.5 Å². The third-order valence-corrected chi connectivity index (χ3v) is 6.37. The summed E-state index contributed by atoms with van der Waals surface area (Å²) in [5.74, 6) is -4.28. The minimum absolute atomic E-state index is 0.0587. The van der Waals surface area contributed by atoms with Gasteiger partial charge in [0.25, 0.3) is 0 Å². The van der Waals surface area contributed by atoms with Gasteiger partial charge in [-0.25, -0.2) is 0 Å². The smallest absolute Gasteiger partial charge is 0.308 e. The van der Waals surface area contributed by atoms with E-state index in [9.17, 15) is 24.6 Å². The van der Waals surface area contributed by atoms with Gasteiger partial charge >= 0.3 is 11.9 Å². The topological polar surface area (TPSA) is 104 Å². The van der Waals surface area contributed by atoms with Gasteiger partial charge in [-0.2, -0.15) is 0 Å². The Labute approximate surface area is 197 Å². The van der Waals surface area contributed by atoms with Gasteiger partial charge in [0.2, 0.25) is 5.91 Å². The quantitative estimate of drug-likeness (QED) is 0.475. The van der Waals surface area contributed by atoms with Gasteiger partial charge in [0.05, 0.1) is 17.8 Å². The van der Waals surface area contributed by atoms with Crippen LogP contribution in [0.15, 0.2) is 66.7 Å². The SMILES string of the molecule is CCCN(Cc1ccc(Oc2cccc3ccccc23)cc1)C(=O)C1CC(C(=O)O)C1C(=O)O. The summed E-state index contributed by atoms with van der Waals surface area (Å²) in [6.45, 7) is 2.73. The number of hydrogen-bond donors (Lipinski definition) is 2. The number of carboxylic acid groups (broad SMARTS) is 2. The van der Waals surface area contributed by atoms with E-state index in [1.165, 1.54) is 0 Å². The lowest BCUT2D eigenvalue weighted by Crippen LogP contribution is -2.53. The average Bonchev–Trinajstić information content (AvgIpc) is 2.79. The highest BCUT2D eigenvalue weighted by Gasteiger charge is 2.54. The van der Waals surface area contributed by atoms with E-state index in [0.29, 0.717) is 25.3 Å². The third-order valence-electron chi connectivity index (χ3n) is 6.37. The van der Waals surface area contributed by atoms with Gasteiger partial charge in [-0.3, -0.25) is 14.4 Å². The van der Waals surface area contributed by atoms with Crippen molar-refractivity contribution in [2.75, 3.05) is 6.54 Å². The summed E-state index contributed by atoms with van der Waals surface area (Å²) in [5.41, 5.74) is 0.882. The Morgan fingerprint density at radius 2 is 1.62 bits per heavy atom. The van der Waals surface area contributed by atoms with E-state index >= 15 is 0 Å². The zero-order valence-corrected chi connectivity index (χ0v) is 18.9. The molecule has 1 aliphatic carbocycles. The Balaban J connectivity index is 1.46. The zero-order valence-electron chi connectivity index (χ0n) is 18.9. The Bertz CT molecular complexity index is 1200. The van der Waals surface area contributed by atoms with Crippen molar-refractivity contribution in [3.8, 4) is 11.5 Å². The second-order valence-electron chi connectivity index (χ2n) is 8.63. The van der Waals surface area contributed by atoms with E-state index in [2.05, 4.69) is 0 Å². The molecule has 0 bridgehead atoms. The molecule has 7 nitrogen and oxygen atoms in total. The fourth-order valence-electron chi connectivity index (χ4n) is 4.57. The van der Waals surface area contributed by atoms with Crippen LogP contribution in [0.25, 0.3) is 10.8 Å². The fraction of sp³-hybridized carbons (Fsp3) is 0.296. The summed E-state index contributed by atoms with van der Waals surface area (Å²) in [6.07, 6.45) is 0.768. The van der Waals surface area contributed by atoms with Crippen molar-refractivity contribution in [3.63, 3.8) is 0 Å². The standard InChI is InChI=1S/C27H27NO6/c1-2-14-28(25(29)21-15-22(26(30)31)24(21)27(32)33)16-17-10-12-19(13-11-17)34-23-9-5-7-18-6-3-4-8-20(18)23/h3-13,21-22,24H,2,14-16H2,1H3,(H,30,31)(H,32,33). The number of carbonyl (C=O) groups is 3. The molecular weight excluding hydrogens is 434 g/mol. The molecule has 1 aliphatic rings. The molecule has 34 heavy (non-hydrogen) atoms. The number of nitrogens with zero attached hydrogens (tertiary/aromatic N) is 1. The fourth-order valence-corrected chi connectivity index (χ4v) is 4.57. The summed E-state index contributed by atoms with van der Waals surface area (Å²) in [7, 11) is 0. The van der Waals surface area contributed by atoms with Gasteiger partial charge in [-0.05, 0) is 42.0 Å². The summed E-state index contributed by atoms with van der Waals surface area (Å²) in [4.78, 5) is 37.6. The molecule has 3 aromatic carbocycles. The molecule has 1 fully saturated rings. The van der Waals surface area contributed by atoms with Crippen molar-refractivity contribution in [2.24, 2.45) is 17.8 Å². The predicted octanol–water partition coefficient (Wildman–Crippen LogP) is 4.79. The van der Waals surface area contributed by atoms with E-state index in [4.69, 9.17) is 4.74 Å². The minimum atomic E-state index is -1.23. The largest absolute Gasteiger partial charge is 0.481 e. The second-order valence-corrected chi connectivity index (χ2v) is 8.63. The third kappa shape index (κ3) is 4.73. The monoisotopic (exact) mass is 461 g/mol. The van der Waals surface area contributed by atoms with Crippen molar-refractivity contribution >= 4 is 28.6 Å². The molecule has 0 aromatic heterocycles. The molecule has 1 amide bonds. The van der Waals surface area contributed by atoms with E-state index in [1.807, 2.05) is 73.7 Å². The molecule has 0 saturated heterocycles. The Kier molecular flexibility index (Phi) is 6.82. The lowest BCUT2D eigenvalue weighted by atomic mass is 9.64. The highest BCUT2D eigenvalue weighted by Crippen LogP contribution is 2.42. The van der Waals surface area contributed by atoms with Gasteiger partial charge in [-0.15, -0.1) is 0 Å². The van der Waals surface area contributed by atoms with Gasteiger partial charge in [-0.1, -0.05) is 55.5 Å². The number of rotatable bonds is 9. The van der Waals surface area contributed by atoms with Gasteiger partial charge in [0.15, 0.2) is 0 Å². The van der Waals surface area contributed by atoms with E-state index in [-0.39, 0.29) is 12.3 Å². The number of carbonyl (C=O) groups excluding carboxylic acids is 1. The van der Waals surface area contributed by atoms with Crippen molar-refractivity contribution in [1.82, 2.24) is 4.90 Å². The molecule has 3 atom stereocenters. The highest BCUT2D eigenvalue weighted by atomic mass is 16.5. The maximum atomic E-state index is 13.1. The summed E-state index contributed by atoms with van der Waals surface area (Å²) < 4.78 is 6.08. The first-order valence-corrected chi connectivity index (χ1v) is 11.4. The van der Waals surface area contributed by atoms with Crippen molar-refractivity contribution in [2.45, 2.75) is 26.3 Å². The summed E-state index contributed by atoms with van der Waals surface area (Å²) in [5, 5.41) is 20.8. The molecule has 3 aromatic rings. The van der Waals surface area contributed by atoms with Gasteiger partial charge in [0.1, 0.15) is 11.5 Å².